The van der Waals surface area contributed by atoms with Crippen molar-refractivity contribution in [2.24, 2.45) is 7.05 Å². The lowest BCUT2D eigenvalue weighted by atomic mass is 10.1. The van der Waals surface area contributed by atoms with E-state index in [2.05, 4.69) is 31.7 Å². The third-order valence-corrected chi connectivity index (χ3v) is 4.27. The van der Waals surface area contributed by atoms with E-state index in [1.807, 2.05) is 22.6 Å². The van der Waals surface area contributed by atoms with Gasteiger partial charge in [0.15, 0.2) is 5.82 Å². The molecule has 4 rings (SSSR count). The van der Waals surface area contributed by atoms with Gasteiger partial charge in [0.25, 0.3) is 0 Å². The van der Waals surface area contributed by atoms with Gasteiger partial charge in [-0.2, -0.15) is 5.10 Å². The summed E-state index contributed by atoms with van der Waals surface area (Å²) in [6.45, 7) is 1.94. The number of hydrogen-bond acceptors (Lipinski definition) is 5. The van der Waals surface area contributed by atoms with Gasteiger partial charge in [-0.15, -0.1) is 5.10 Å². The van der Waals surface area contributed by atoms with E-state index < -0.39 is 0 Å². The van der Waals surface area contributed by atoms with Crippen LogP contribution in [-0.4, -0.2) is 41.4 Å². The Balaban J connectivity index is 1.53. The highest BCUT2D eigenvalue weighted by Gasteiger charge is 2.31. The first-order valence-corrected chi connectivity index (χ1v) is 7.30. The summed E-state index contributed by atoms with van der Waals surface area (Å²) in [6.07, 6.45) is 8.94. The summed E-state index contributed by atoms with van der Waals surface area (Å²) >= 11 is 0. The molecule has 3 heterocycles. The summed E-state index contributed by atoms with van der Waals surface area (Å²) in [5, 5.41) is 16.5. The van der Waals surface area contributed by atoms with Gasteiger partial charge in [0.1, 0.15) is 0 Å². The van der Waals surface area contributed by atoms with Gasteiger partial charge < -0.3 is 0 Å². The maximum atomic E-state index is 4.29. The molecule has 0 N–H and O–H groups in total. The van der Waals surface area contributed by atoms with Crippen molar-refractivity contribution in [3.05, 3.63) is 23.8 Å². The van der Waals surface area contributed by atoms with Gasteiger partial charge in [-0.05, 0) is 42.7 Å². The molecular formula is C13H19N7. The van der Waals surface area contributed by atoms with Crippen molar-refractivity contribution in [1.82, 2.24) is 34.9 Å². The predicted molar refractivity (Wildman–Crippen MR) is 71.7 cm³/mol. The van der Waals surface area contributed by atoms with Gasteiger partial charge in [-0.25, -0.2) is 4.68 Å². The van der Waals surface area contributed by atoms with Crippen LogP contribution in [0.25, 0.3) is 0 Å². The molecule has 1 atom stereocenters. The van der Waals surface area contributed by atoms with Gasteiger partial charge in [0.05, 0.1) is 18.8 Å². The van der Waals surface area contributed by atoms with Crippen LogP contribution in [0, 0.1) is 0 Å². The molecule has 0 radical (unpaired) electrons. The molecule has 0 bridgehead atoms. The van der Waals surface area contributed by atoms with Crippen molar-refractivity contribution in [2.45, 2.75) is 44.3 Å². The average Bonchev–Trinajstić information content (AvgIpc) is 2.86. The Morgan fingerprint density at radius 1 is 1.30 bits per heavy atom. The predicted octanol–water partition coefficient (Wildman–Crippen LogP) is 1.08. The molecule has 0 amide bonds. The maximum absolute atomic E-state index is 4.29. The third kappa shape index (κ3) is 2.11. The van der Waals surface area contributed by atoms with E-state index >= 15 is 0 Å². The summed E-state index contributed by atoms with van der Waals surface area (Å²) in [7, 11) is 1.97. The molecule has 0 unspecified atom stereocenters. The number of hydrogen-bond donors (Lipinski definition) is 0. The molecule has 1 saturated heterocycles. The Labute approximate surface area is 117 Å². The molecule has 7 heteroatoms. The van der Waals surface area contributed by atoms with Crippen molar-refractivity contribution in [1.29, 1.82) is 0 Å². The number of aryl methyl sites for hydroxylation is 1. The number of tetrazole rings is 1. The van der Waals surface area contributed by atoms with Crippen LogP contribution < -0.4 is 0 Å². The zero-order valence-corrected chi connectivity index (χ0v) is 11.7. The molecule has 0 spiro atoms. The van der Waals surface area contributed by atoms with E-state index in [0.29, 0.717) is 12.1 Å². The van der Waals surface area contributed by atoms with Crippen LogP contribution in [0.1, 0.15) is 49.2 Å². The summed E-state index contributed by atoms with van der Waals surface area (Å²) in [6, 6.07) is 0.993. The molecule has 1 aliphatic carbocycles. The van der Waals surface area contributed by atoms with Crippen molar-refractivity contribution < 1.29 is 0 Å². The number of nitrogens with zero attached hydrogens (tertiary/aromatic N) is 7. The Morgan fingerprint density at radius 3 is 2.95 bits per heavy atom. The molecule has 7 nitrogen and oxygen atoms in total. The van der Waals surface area contributed by atoms with Gasteiger partial charge in [-0.3, -0.25) is 9.58 Å². The topological polar surface area (TPSA) is 64.7 Å². The molecule has 1 aliphatic heterocycles. The normalized spacial score (nSPS) is 23.6. The van der Waals surface area contributed by atoms with Gasteiger partial charge in [-0.1, -0.05) is 0 Å². The minimum atomic E-state index is 0.452. The molecule has 20 heavy (non-hydrogen) atoms. The second kappa shape index (κ2) is 4.66. The molecule has 2 aromatic rings. The van der Waals surface area contributed by atoms with Crippen LogP contribution in [-0.2, 0) is 13.6 Å². The number of rotatable bonds is 4. The summed E-state index contributed by atoms with van der Waals surface area (Å²) in [4.78, 5) is 2.47. The third-order valence-electron chi connectivity index (χ3n) is 4.27. The largest absolute Gasteiger partial charge is 0.289 e. The van der Waals surface area contributed by atoms with E-state index in [1.54, 1.807) is 0 Å². The lowest BCUT2D eigenvalue weighted by molar-refractivity contribution is 0.237. The van der Waals surface area contributed by atoms with E-state index in [9.17, 15) is 0 Å². The average molecular weight is 273 g/mol. The molecule has 106 valence electrons. The fourth-order valence-electron chi connectivity index (χ4n) is 3.11. The zero-order valence-electron chi connectivity index (χ0n) is 11.7. The second-order valence-electron chi connectivity index (χ2n) is 5.85. The Kier molecular flexibility index (Phi) is 2.80. The van der Waals surface area contributed by atoms with Crippen molar-refractivity contribution >= 4 is 0 Å². The van der Waals surface area contributed by atoms with Gasteiger partial charge >= 0.3 is 0 Å². The Morgan fingerprint density at radius 2 is 2.20 bits per heavy atom. The Bertz CT molecular complexity index is 597. The highest BCUT2D eigenvalue weighted by Crippen LogP contribution is 2.36. The smallest absolute Gasteiger partial charge is 0.165 e. The standard InChI is InChI=1S/C13H19N7/c1-18-8-10(7-14-18)12-3-2-6-19(12)9-13-15-16-17-20(13)11-4-5-11/h7-8,11-12H,2-6,9H2,1H3/t12-/m0/s1. The fraction of sp³-hybridized carbons (Fsp3) is 0.692. The molecule has 1 saturated carbocycles. The highest BCUT2D eigenvalue weighted by molar-refractivity contribution is 5.12. The fourth-order valence-corrected chi connectivity index (χ4v) is 3.11. The summed E-state index contributed by atoms with van der Waals surface area (Å²) < 4.78 is 3.89. The zero-order chi connectivity index (χ0) is 13.5. The van der Waals surface area contributed by atoms with Crippen molar-refractivity contribution in [3.63, 3.8) is 0 Å². The maximum Gasteiger partial charge on any atom is 0.165 e. The van der Waals surface area contributed by atoms with Crippen LogP contribution in [0.5, 0.6) is 0 Å². The molecule has 0 aromatic carbocycles. The minimum Gasteiger partial charge on any atom is -0.289 e. The van der Waals surface area contributed by atoms with E-state index in [0.717, 1.165) is 18.9 Å². The van der Waals surface area contributed by atoms with Crippen LogP contribution in [0.4, 0.5) is 0 Å². The first-order chi connectivity index (χ1) is 9.81. The van der Waals surface area contributed by atoms with Gasteiger partial charge in [0.2, 0.25) is 0 Å². The summed E-state index contributed by atoms with van der Waals surface area (Å²) in [5.74, 6) is 1.00. The first kappa shape index (κ1) is 12.0. The molecule has 2 fully saturated rings. The second-order valence-corrected chi connectivity index (χ2v) is 5.85. The quantitative estimate of drug-likeness (QED) is 0.834. The van der Waals surface area contributed by atoms with Crippen molar-refractivity contribution in [3.8, 4) is 0 Å². The first-order valence-electron chi connectivity index (χ1n) is 7.30. The molecule has 2 aromatic heterocycles. The summed E-state index contributed by atoms with van der Waals surface area (Å²) in [5.41, 5.74) is 1.30. The number of likely N-dealkylation sites (tertiary alicyclic amines) is 1. The molecule has 2 aliphatic rings. The lowest BCUT2D eigenvalue weighted by Crippen LogP contribution is -2.24. The van der Waals surface area contributed by atoms with Crippen LogP contribution in [0.15, 0.2) is 12.4 Å². The molecular weight excluding hydrogens is 254 g/mol. The van der Waals surface area contributed by atoms with Crippen molar-refractivity contribution in [2.75, 3.05) is 6.54 Å². The van der Waals surface area contributed by atoms with E-state index in [1.165, 1.54) is 31.2 Å². The van der Waals surface area contributed by atoms with Crippen LogP contribution >= 0.6 is 0 Å². The van der Waals surface area contributed by atoms with Crippen LogP contribution in [0.3, 0.4) is 0 Å². The minimum absolute atomic E-state index is 0.452. The lowest BCUT2D eigenvalue weighted by Gasteiger charge is -2.22. The SMILES string of the molecule is Cn1cc([C@@H]2CCCN2Cc2nnnn2C2CC2)cn1. The van der Waals surface area contributed by atoms with Gasteiger partial charge in [0, 0.05) is 24.8 Å². The number of aromatic nitrogens is 6. The van der Waals surface area contributed by atoms with Crippen LogP contribution in [0.2, 0.25) is 0 Å². The highest BCUT2D eigenvalue weighted by atomic mass is 15.6. The monoisotopic (exact) mass is 273 g/mol. The Hall–Kier alpha value is -1.76. The van der Waals surface area contributed by atoms with E-state index in [-0.39, 0.29) is 0 Å². The van der Waals surface area contributed by atoms with E-state index in [4.69, 9.17) is 0 Å².